The van der Waals surface area contributed by atoms with Crippen molar-refractivity contribution in [1.29, 1.82) is 0 Å². The van der Waals surface area contributed by atoms with E-state index in [-0.39, 0.29) is 25.9 Å². The maximum absolute atomic E-state index is 13.1. The van der Waals surface area contributed by atoms with Gasteiger partial charge in [-0.2, -0.15) is 0 Å². The molecular formula is C38H31FGeIrN2O-2. The van der Waals surface area contributed by atoms with Crippen molar-refractivity contribution >= 4 is 39.6 Å². The third-order valence-electron chi connectivity index (χ3n) is 7.43. The molecule has 0 aliphatic rings. The molecule has 0 amide bonds. The fourth-order valence-corrected chi connectivity index (χ4v) is 8.84. The molecule has 7 rings (SSSR count). The fourth-order valence-electron chi connectivity index (χ4n) is 5.25. The molecule has 3 heterocycles. The van der Waals surface area contributed by atoms with Gasteiger partial charge in [-0.3, -0.25) is 0 Å². The Kier molecular flexibility index (Phi) is 9.60. The summed E-state index contributed by atoms with van der Waals surface area (Å²) in [7, 11) is 0. The topological polar surface area (TPSA) is 38.9 Å². The average molecular weight is 816 g/mol. The van der Waals surface area contributed by atoms with Gasteiger partial charge < -0.3 is 9.40 Å². The molecule has 6 heteroatoms. The molecule has 0 unspecified atom stereocenters. The van der Waals surface area contributed by atoms with Crippen LogP contribution in [-0.4, -0.2) is 23.2 Å². The zero-order valence-corrected chi connectivity index (χ0v) is 29.5. The van der Waals surface area contributed by atoms with E-state index in [2.05, 4.69) is 70.7 Å². The molecule has 1 radical (unpaired) electrons. The van der Waals surface area contributed by atoms with Crippen molar-refractivity contribution in [3.05, 3.63) is 139 Å². The number of pyridine rings is 2. The summed E-state index contributed by atoms with van der Waals surface area (Å²) in [6.45, 7) is 2.19. The van der Waals surface area contributed by atoms with Gasteiger partial charge in [0.25, 0.3) is 0 Å². The van der Waals surface area contributed by atoms with Crippen LogP contribution in [0, 0.1) is 24.9 Å². The van der Waals surface area contributed by atoms with Gasteiger partial charge in [0, 0.05) is 31.7 Å². The minimum Gasteiger partial charge on any atom is -0.500 e. The van der Waals surface area contributed by atoms with E-state index in [4.69, 9.17) is 4.42 Å². The molecule has 3 nitrogen and oxygen atoms in total. The summed E-state index contributed by atoms with van der Waals surface area (Å²) in [5.41, 5.74) is 8.82. The number of fused-ring (bicyclic) bond motifs is 3. The molecule has 0 aliphatic carbocycles. The Morgan fingerprint density at radius 1 is 0.705 bits per heavy atom. The second-order valence-electron chi connectivity index (χ2n) is 11.6. The van der Waals surface area contributed by atoms with E-state index in [1.807, 2.05) is 60.7 Å². The van der Waals surface area contributed by atoms with Gasteiger partial charge in [0.1, 0.15) is 11.4 Å². The normalized spacial score (nSPS) is 11.1. The monoisotopic (exact) mass is 817 g/mol. The zero-order valence-electron chi connectivity index (χ0n) is 25.0. The molecule has 221 valence electrons. The average Bonchev–Trinajstić information content (AvgIpc) is 3.39. The van der Waals surface area contributed by atoms with Gasteiger partial charge in [-0.05, 0) is 41.1 Å². The van der Waals surface area contributed by atoms with E-state index in [1.165, 1.54) is 22.1 Å². The quantitative estimate of drug-likeness (QED) is 0.131. The van der Waals surface area contributed by atoms with Crippen LogP contribution in [-0.2, 0) is 20.1 Å². The van der Waals surface area contributed by atoms with E-state index in [1.54, 1.807) is 18.3 Å². The minimum absolute atomic E-state index is 0. The van der Waals surface area contributed by atoms with Crippen molar-refractivity contribution in [2.75, 3.05) is 0 Å². The second-order valence-corrected chi connectivity index (χ2v) is 22.1. The molecule has 0 aliphatic heterocycles. The molecular weight excluding hydrogens is 784 g/mol. The Bertz CT molecular complexity index is 2020. The van der Waals surface area contributed by atoms with E-state index < -0.39 is 13.3 Å². The van der Waals surface area contributed by atoms with E-state index in [0.717, 1.165) is 55.6 Å². The summed E-state index contributed by atoms with van der Waals surface area (Å²) < 4.78 is 20.6. The third-order valence-corrected chi connectivity index (χ3v) is 11.9. The Balaban J connectivity index is 0.000000187. The van der Waals surface area contributed by atoms with Crippen molar-refractivity contribution in [2.45, 2.75) is 24.2 Å². The molecule has 0 fully saturated rings. The summed E-state index contributed by atoms with van der Waals surface area (Å²) in [6, 6.07) is 38.9. The van der Waals surface area contributed by atoms with Gasteiger partial charge in [0.15, 0.2) is 0 Å². The van der Waals surface area contributed by atoms with Crippen LogP contribution in [0.3, 0.4) is 0 Å². The second kappa shape index (κ2) is 13.4. The summed E-state index contributed by atoms with van der Waals surface area (Å²) in [5, 5.41) is 2.07. The molecule has 7 aromatic rings. The van der Waals surface area contributed by atoms with Gasteiger partial charge in [0.05, 0.1) is 5.58 Å². The van der Waals surface area contributed by atoms with Crippen LogP contribution < -0.4 is 4.40 Å². The summed E-state index contributed by atoms with van der Waals surface area (Å²) in [6.07, 6.45) is 3.85. The van der Waals surface area contributed by atoms with Crippen LogP contribution in [0.2, 0.25) is 17.3 Å². The number of nitrogens with zero attached hydrogens (tertiary/aromatic N) is 2. The zero-order chi connectivity index (χ0) is 30.0. The SMILES string of the molecule is Cc1cc(-c2[c-]cccc2)nc[c]1[Ge]([CH3])([CH3])[CH3].Fc1ccc(-c2ccc3c(c2)oc2c[c-]c(-c4ccccn4)cc23)cc1.[Ir]. The fraction of sp³-hybridized carbons (Fsp3) is 0.105. The first-order chi connectivity index (χ1) is 20.8. The van der Waals surface area contributed by atoms with Crippen LogP contribution in [0.5, 0.6) is 0 Å². The van der Waals surface area contributed by atoms with Crippen LogP contribution in [0.15, 0.2) is 120 Å². The minimum atomic E-state index is -1.77. The maximum atomic E-state index is 13.1. The number of aryl methyl sites for hydroxylation is 1. The van der Waals surface area contributed by atoms with Crippen LogP contribution >= 0.6 is 0 Å². The first-order valence-corrected chi connectivity index (χ1v) is 21.6. The number of rotatable bonds is 4. The predicted octanol–water partition coefficient (Wildman–Crippen LogP) is 9.65. The predicted molar refractivity (Wildman–Crippen MR) is 177 cm³/mol. The van der Waals surface area contributed by atoms with Gasteiger partial charge in [-0.25, -0.2) is 4.39 Å². The molecule has 0 saturated heterocycles. The number of furan rings is 1. The summed E-state index contributed by atoms with van der Waals surface area (Å²) in [4.78, 5) is 8.98. The standard InChI is InChI=1S/C23H13FNO.C15H18GeN.Ir/c24-18-8-4-15(5-9-18)16-6-10-19-20-13-17(21-3-1-2-12-25-21)7-11-22(20)26-23(19)14-16;1-12-10-15(13-8-6-5-7-9-13)17-11-14(12)16(2,3)4;/h1-6,8-14H;5-8,10-11H,1-4H3;/q2*-1;. The van der Waals surface area contributed by atoms with Gasteiger partial charge in [-0.15, -0.1) is 23.8 Å². The van der Waals surface area contributed by atoms with Gasteiger partial charge in [0.2, 0.25) is 0 Å². The number of aromatic nitrogens is 2. The molecule has 0 spiro atoms. The van der Waals surface area contributed by atoms with Crippen molar-refractivity contribution in [3.63, 3.8) is 0 Å². The van der Waals surface area contributed by atoms with Gasteiger partial charge in [-0.1, -0.05) is 41.8 Å². The molecule has 44 heavy (non-hydrogen) atoms. The van der Waals surface area contributed by atoms with Crippen molar-refractivity contribution in [1.82, 2.24) is 9.97 Å². The van der Waals surface area contributed by atoms with E-state index in [0.29, 0.717) is 0 Å². The number of benzene rings is 4. The van der Waals surface area contributed by atoms with Crippen molar-refractivity contribution < 1.29 is 28.9 Å². The summed E-state index contributed by atoms with van der Waals surface area (Å²) in [5.74, 6) is 6.96. The Morgan fingerprint density at radius 3 is 2.16 bits per heavy atom. The number of halogens is 1. The largest absolute Gasteiger partial charge is 0.500 e. The molecule has 3 aromatic heterocycles. The first-order valence-electron chi connectivity index (χ1n) is 14.3. The van der Waals surface area contributed by atoms with Gasteiger partial charge >= 0.3 is 106 Å². The smallest absolute Gasteiger partial charge is 0.123 e. The molecule has 0 atom stereocenters. The number of hydrogen-bond donors (Lipinski definition) is 0. The third kappa shape index (κ3) is 6.91. The van der Waals surface area contributed by atoms with Crippen LogP contribution in [0.25, 0.3) is 55.6 Å². The van der Waals surface area contributed by atoms with Crippen molar-refractivity contribution in [2.24, 2.45) is 0 Å². The number of hydrogen-bond acceptors (Lipinski definition) is 3. The van der Waals surface area contributed by atoms with Crippen molar-refractivity contribution in [3.8, 4) is 33.6 Å². The van der Waals surface area contributed by atoms with Crippen LogP contribution in [0.1, 0.15) is 5.56 Å². The van der Waals surface area contributed by atoms with E-state index >= 15 is 0 Å². The molecule has 4 aromatic carbocycles. The first kappa shape index (κ1) is 31.5. The Morgan fingerprint density at radius 2 is 1.48 bits per heavy atom. The molecule has 0 N–H and O–H groups in total. The Labute approximate surface area is 273 Å². The molecule has 0 saturated carbocycles. The maximum Gasteiger partial charge on any atom is 0.123 e. The Hall–Kier alpha value is -3.90. The van der Waals surface area contributed by atoms with Crippen LogP contribution in [0.4, 0.5) is 4.39 Å². The summed E-state index contributed by atoms with van der Waals surface area (Å²) >= 11 is -1.77. The van der Waals surface area contributed by atoms with E-state index in [9.17, 15) is 4.39 Å². The molecule has 0 bridgehead atoms.